The summed E-state index contributed by atoms with van der Waals surface area (Å²) in [6.45, 7) is 0.679. The van der Waals surface area contributed by atoms with Crippen molar-refractivity contribution in [1.29, 1.82) is 0 Å². The van der Waals surface area contributed by atoms with Gasteiger partial charge in [0.25, 0.3) is 0 Å². The van der Waals surface area contributed by atoms with E-state index in [9.17, 15) is 8.42 Å². The van der Waals surface area contributed by atoms with Crippen molar-refractivity contribution in [3.63, 3.8) is 0 Å². The molecule has 2 rings (SSSR count). The van der Waals surface area contributed by atoms with E-state index in [1.54, 1.807) is 17.4 Å². The second kappa shape index (κ2) is 5.38. The van der Waals surface area contributed by atoms with Gasteiger partial charge in [-0.2, -0.15) is 0 Å². The molecule has 0 radical (unpaired) electrons. The Morgan fingerprint density at radius 3 is 2.67 bits per heavy atom. The summed E-state index contributed by atoms with van der Waals surface area (Å²) < 4.78 is 23.6. The normalized spacial score (nSPS) is 11.4. The molecule has 0 saturated carbocycles. The van der Waals surface area contributed by atoms with Gasteiger partial charge in [0.05, 0.1) is 18.4 Å². The first-order chi connectivity index (χ1) is 8.47. The predicted molar refractivity (Wildman–Crippen MR) is 76.7 cm³/mol. The van der Waals surface area contributed by atoms with E-state index in [2.05, 4.69) is 26.2 Å². The summed E-state index contributed by atoms with van der Waals surface area (Å²) in [6.07, 6.45) is 2.67. The molecule has 0 amide bonds. The fraction of sp³-hybridized carbons (Fsp3) is 0.182. The van der Waals surface area contributed by atoms with Crippen LogP contribution in [0.3, 0.4) is 0 Å². The lowest BCUT2D eigenvalue weighted by Crippen LogP contribution is -2.02. The molecule has 1 N–H and O–H groups in total. The van der Waals surface area contributed by atoms with Crippen molar-refractivity contribution in [3.8, 4) is 0 Å². The molecule has 0 aliphatic heterocycles. The Bertz CT molecular complexity index is 635. The molecule has 7 heteroatoms. The zero-order valence-corrected chi connectivity index (χ0v) is 12.8. The first-order valence-corrected chi connectivity index (χ1v) is 8.65. The molecule has 2 aromatic rings. The fourth-order valence-corrected chi connectivity index (χ4v) is 3.33. The summed E-state index contributed by atoms with van der Waals surface area (Å²) in [6, 6.07) is 5.21. The van der Waals surface area contributed by atoms with Crippen LogP contribution in [-0.2, 0) is 16.4 Å². The fourth-order valence-electron chi connectivity index (χ4n) is 1.34. The summed E-state index contributed by atoms with van der Waals surface area (Å²) in [5.74, 6) is 0. The number of hydrogen-bond donors (Lipinski definition) is 1. The van der Waals surface area contributed by atoms with E-state index in [-0.39, 0.29) is 5.03 Å². The zero-order chi connectivity index (χ0) is 13.2. The largest absolute Gasteiger partial charge is 0.379 e. The van der Waals surface area contributed by atoms with Crippen LogP contribution in [0.5, 0.6) is 0 Å². The average Bonchev–Trinajstić information content (AvgIpc) is 2.72. The van der Waals surface area contributed by atoms with Gasteiger partial charge in [0, 0.05) is 15.6 Å². The third-order valence-corrected chi connectivity index (χ3v) is 5.19. The molecule has 0 aliphatic rings. The van der Waals surface area contributed by atoms with Crippen LogP contribution in [0, 0.1) is 0 Å². The van der Waals surface area contributed by atoms with E-state index in [4.69, 9.17) is 0 Å². The molecule has 18 heavy (non-hydrogen) atoms. The molecule has 2 heterocycles. The molecule has 0 unspecified atom stereocenters. The number of nitrogens with one attached hydrogen (secondary N) is 1. The molecule has 0 spiro atoms. The van der Waals surface area contributed by atoms with E-state index < -0.39 is 9.84 Å². The van der Waals surface area contributed by atoms with E-state index in [0.29, 0.717) is 6.54 Å². The molecule has 0 aromatic carbocycles. The van der Waals surface area contributed by atoms with Crippen molar-refractivity contribution < 1.29 is 8.42 Å². The number of aromatic nitrogens is 1. The van der Waals surface area contributed by atoms with Crippen LogP contribution in [0.4, 0.5) is 5.69 Å². The van der Waals surface area contributed by atoms with Crippen LogP contribution < -0.4 is 5.32 Å². The maximum Gasteiger partial charge on any atom is 0.192 e. The van der Waals surface area contributed by atoms with Gasteiger partial charge in [-0.1, -0.05) is 0 Å². The molecule has 0 fully saturated rings. The number of rotatable bonds is 4. The molecular weight excluding hydrogens is 336 g/mol. The minimum absolute atomic E-state index is 0.0883. The topological polar surface area (TPSA) is 59.1 Å². The van der Waals surface area contributed by atoms with Crippen LogP contribution in [0.15, 0.2) is 39.3 Å². The molecular formula is C11H11BrN2O2S2. The Morgan fingerprint density at radius 2 is 2.17 bits per heavy atom. The van der Waals surface area contributed by atoms with Crippen LogP contribution in [-0.4, -0.2) is 19.7 Å². The van der Waals surface area contributed by atoms with Crippen LogP contribution in [0.1, 0.15) is 4.88 Å². The summed E-state index contributed by atoms with van der Waals surface area (Å²) in [5.41, 5.74) is 0.794. The Labute approximate surface area is 118 Å². The quantitative estimate of drug-likeness (QED) is 0.924. The number of anilines is 1. The standard InChI is InChI=1S/C11H11BrN2O2S2/c1-18(15,16)11-3-2-8(6-14-11)13-7-10-9(12)4-5-17-10/h2-6,13H,7H2,1H3. The van der Waals surface area contributed by atoms with Crippen molar-refractivity contribution in [2.75, 3.05) is 11.6 Å². The van der Waals surface area contributed by atoms with Crippen molar-refractivity contribution in [3.05, 3.63) is 39.1 Å². The third-order valence-electron chi connectivity index (χ3n) is 2.26. The number of hydrogen-bond acceptors (Lipinski definition) is 5. The van der Waals surface area contributed by atoms with Gasteiger partial charge in [0.15, 0.2) is 14.9 Å². The van der Waals surface area contributed by atoms with Gasteiger partial charge in [0.2, 0.25) is 0 Å². The second-order valence-electron chi connectivity index (χ2n) is 3.70. The van der Waals surface area contributed by atoms with Crippen molar-refractivity contribution in [1.82, 2.24) is 4.98 Å². The Kier molecular flexibility index (Phi) is 4.04. The first kappa shape index (κ1) is 13.5. The monoisotopic (exact) mass is 346 g/mol. The van der Waals surface area contributed by atoms with Crippen LogP contribution in [0.25, 0.3) is 0 Å². The highest BCUT2D eigenvalue weighted by molar-refractivity contribution is 9.10. The zero-order valence-electron chi connectivity index (χ0n) is 9.55. The van der Waals surface area contributed by atoms with Gasteiger partial charge in [0.1, 0.15) is 0 Å². The highest BCUT2D eigenvalue weighted by Gasteiger charge is 2.08. The first-order valence-electron chi connectivity index (χ1n) is 5.08. The van der Waals surface area contributed by atoms with E-state index in [1.807, 2.05) is 11.4 Å². The minimum atomic E-state index is -3.23. The molecule has 0 bridgehead atoms. The Balaban J connectivity index is 2.05. The highest BCUT2D eigenvalue weighted by Crippen LogP contribution is 2.23. The number of halogens is 1. The predicted octanol–water partition coefficient (Wildman–Crippen LogP) is 2.92. The van der Waals surface area contributed by atoms with E-state index in [1.165, 1.54) is 17.1 Å². The maximum atomic E-state index is 11.2. The third kappa shape index (κ3) is 3.30. The second-order valence-corrected chi connectivity index (χ2v) is 7.52. The highest BCUT2D eigenvalue weighted by atomic mass is 79.9. The lowest BCUT2D eigenvalue weighted by atomic mass is 10.4. The van der Waals surface area contributed by atoms with Crippen molar-refractivity contribution >= 4 is 42.8 Å². The number of pyridine rings is 1. The van der Waals surface area contributed by atoms with Crippen molar-refractivity contribution in [2.45, 2.75) is 11.6 Å². The maximum absolute atomic E-state index is 11.2. The SMILES string of the molecule is CS(=O)(=O)c1ccc(NCc2sccc2Br)cn1. The molecule has 96 valence electrons. The smallest absolute Gasteiger partial charge is 0.192 e. The molecule has 0 atom stereocenters. The Morgan fingerprint density at radius 1 is 1.39 bits per heavy atom. The van der Waals surface area contributed by atoms with Gasteiger partial charge in [-0.25, -0.2) is 13.4 Å². The van der Waals surface area contributed by atoms with Crippen LogP contribution in [0.2, 0.25) is 0 Å². The van der Waals surface area contributed by atoms with Gasteiger partial charge in [-0.05, 0) is 39.5 Å². The van der Waals surface area contributed by atoms with Gasteiger partial charge in [-0.3, -0.25) is 0 Å². The summed E-state index contributed by atoms with van der Waals surface area (Å²) >= 11 is 5.10. The van der Waals surface area contributed by atoms with Crippen LogP contribution >= 0.6 is 27.3 Å². The van der Waals surface area contributed by atoms with Gasteiger partial charge < -0.3 is 5.32 Å². The summed E-state index contributed by atoms with van der Waals surface area (Å²) in [4.78, 5) is 5.10. The van der Waals surface area contributed by atoms with E-state index >= 15 is 0 Å². The molecule has 0 aliphatic carbocycles. The molecule has 2 aromatic heterocycles. The van der Waals surface area contributed by atoms with Gasteiger partial charge >= 0.3 is 0 Å². The summed E-state index contributed by atoms with van der Waals surface area (Å²) in [7, 11) is -3.23. The molecule has 0 saturated heterocycles. The number of thiophene rings is 1. The molecule has 4 nitrogen and oxygen atoms in total. The Hall–Kier alpha value is -0.920. The summed E-state index contributed by atoms with van der Waals surface area (Å²) in [5, 5.41) is 5.28. The number of nitrogens with zero attached hydrogens (tertiary/aromatic N) is 1. The number of sulfone groups is 1. The lowest BCUT2D eigenvalue weighted by Gasteiger charge is -2.05. The minimum Gasteiger partial charge on any atom is -0.379 e. The van der Waals surface area contributed by atoms with Crippen molar-refractivity contribution in [2.24, 2.45) is 0 Å². The van der Waals surface area contributed by atoms with E-state index in [0.717, 1.165) is 16.4 Å². The average molecular weight is 347 g/mol. The lowest BCUT2D eigenvalue weighted by molar-refractivity contribution is 0.598. The van der Waals surface area contributed by atoms with Gasteiger partial charge in [-0.15, -0.1) is 11.3 Å².